The maximum atomic E-state index is 2.40. The van der Waals surface area contributed by atoms with Crippen molar-refractivity contribution in [2.45, 2.75) is 19.3 Å². The number of thiophene rings is 2. The molecule has 0 atom stereocenters. The lowest BCUT2D eigenvalue weighted by molar-refractivity contribution is 0.660. The van der Waals surface area contributed by atoms with Gasteiger partial charge in [-0.1, -0.05) is 56.3 Å². The Morgan fingerprint density at radius 3 is 2.32 bits per heavy atom. The third kappa shape index (κ3) is 2.25. The molecule has 1 aliphatic rings. The highest BCUT2D eigenvalue weighted by molar-refractivity contribution is 7.23. The molecule has 4 aromatic rings. The second-order valence-corrected chi connectivity index (χ2v) is 9.10. The van der Waals surface area contributed by atoms with Gasteiger partial charge >= 0.3 is 0 Å². The molecule has 0 nitrogen and oxygen atoms in total. The average molecular weight is 359 g/mol. The highest BCUT2D eigenvalue weighted by Gasteiger charge is 2.35. The van der Waals surface area contributed by atoms with E-state index in [4.69, 9.17) is 0 Å². The van der Waals surface area contributed by atoms with E-state index in [1.807, 2.05) is 11.3 Å². The molecular weight excluding hydrogens is 340 g/mol. The van der Waals surface area contributed by atoms with Gasteiger partial charge in [0.1, 0.15) is 0 Å². The van der Waals surface area contributed by atoms with Crippen LogP contribution in [0.1, 0.15) is 25.0 Å². The topological polar surface area (TPSA) is 0 Å². The highest BCUT2D eigenvalue weighted by atomic mass is 32.1. The van der Waals surface area contributed by atoms with E-state index in [-0.39, 0.29) is 5.41 Å². The first-order valence-corrected chi connectivity index (χ1v) is 10.2. The van der Waals surface area contributed by atoms with Gasteiger partial charge in [-0.05, 0) is 57.5 Å². The van der Waals surface area contributed by atoms with E-state index < -0.39 is 0 Å². The fourth-order valence-electron chi connectivity index (χ4n) is 3.90. The highest BCUT2D eigenvalue weighted by Crippen LogP contribution is 2.50. The van der Waals surface area contributed by atoms with Crippen LogP contribution in [0, 0.1) is 0 Å². The minimum Gasteiger partial charge on any atom is -0.143 e. The summed E-state index contributed by atoms with van der Waals surface area (Å²) < 4.78 is 0. The van der Waals surface area contributed by atoms with Crippen LogP contribution in [-0.2, 0) is 5.41 Å². The lowest BCUT2D eigenvalue weighted by Crippen LogP contribution is -2.14. The number of hydrogen-bond donors (Lipinski definition) is 0. The molecule has 2 aromatic carbocycles. The van der Waals surface area contributed by atoms with Crippen LogP contribution in [0.4, 0.5) is 0 Å². The summed E-state index contributed by atoms with van der Waals surface area (Å²) in [5.41, 5.74) is 7.05. The van der Waals surface area contributed by atoms with Gasteiger partial charge in [0.05, 0.1) is 0 Å². The molecule has 0 bridgehead atoms. The standard InChI is InChI=1S/C23H18S2/c1-23(2)18-7-4-3-6-16(18)17-10-9-15(14-19(17)23)20-11-12-22(25-20)21-8-5-13-24-21/h3-14H,1-2H3. The predicted molar refractivity (Wildman–Crippen MR) is 111 cm³/mol. The zero-order chi connectivity index (χ0) is 17.0. The van der Waals surface area contributed by atoms with Crippen LogP contribution < -0.4 is 0 Å². The largest absolute Gasteiger partial charge is 0.143 e. The van der Waals surface area contributed by atoms with Crippen LogP contribution in [0.3, 0.4) is 0 Å². The van der Waals surface area contributed by atoms with E-state index in [0.29, 0.717) is 0 Å². The van der Waals surface area contributed by atoms with Crippen LogP contribution in [0.25, 0.3) is 31.3 Å². The Kier molecular flexibility index (Phi) is 3.28. The molecular formula is C23H18S2. The SMILES string of the molecule is CC1(C)c2ccccc2-c2ccc(-c3ccc(-c4cccs4)s3)cc21. The molecule has 0 spiro atoms. The Bertz CT molecular complexity index is 1070. The van der Waals surface area contributed by atoms with E-state index in [9.17, 15) is 0 Å². The summed E-state index contributed by atoms with van der Waals surface area (Å²) in [6, 6.07) is 24.6. The molecule has 2 heteroatoms. The van der Waals surface area contributed by atoms with Crippen molar-refractivity contribution in [1.29, 1.82) is 0 Å². The van der Waals surface area contributed by atoms with Crippen LogP contribution in [0.5, 0.6) is 0 Å². The van der Waals surface area contributed by atoms with Crippen LogP contribution >= 0.6 is 22.7 Å². The monoisotopic (exact) mass is 358 g/mol. The summed E-state index contributed by atoms with van der Waals surface area (Å²) in [5.74, 6) is 0. The van der Waals surface area contributed by atoms with Gasteiger partial charge < -0.3 is 0 Å². The molecule has 0 amide bonds. The van der Waals surface area contributed by atoms with E-state index >= 15 is 0 Å². The summed E-state index contributed by atoms with van der Waals surface area (Å²) in [7, 11) is 0. The molecule has 1 aliphatic carbocycles. The smallest absolute Gasteiger partial charge is 0.0449 e. The third-order valence-corrected chi connectivity index (χ3v) is 7.44. The van der Waals surface area contributed by atoms with Gasteiger partial charge in [-0.2, -0.15) is 0 Å². The van der Waals surface area contributed by atoms with Gasteiger partial charge in [0.25, 0.3) is 0 Å². The number of benzene rings is 2. The Labute approximate surface area is 156 Å². The molecule has 0 N–H and O–H groups in total. The number of hydrogen-bond acceptors (Lipinski definition) is 2. The van der Waals surface area contributed by atoms with E-state index in [1.165, 1.54) is 42.4 Å². The predicted octanol–water partition coefficient (Wildman–Crippen LogP) is 7.45. The maximum absolute atomic E-state index is 2.40. The summed E-state index contributed by atoms with van der Waals surface area (Å²) in [5, 5.41) is 2.14. The minimum absolute atomic E-state index is 0.0653. The van der Waals surface area contributed by atoms with E-state index in [0.717, 1.165) is 0 Å². The maximum Gasteiger partial charge on any atom is 0.0449 e. The first kappa shape index (κ1) is 15.1. The first-order valence-electron chi connectivity index (χ1n) is 8.53. The molecule has 0 aliphatic heterocycles. The van der Waals surface area contributed by atoms with Crippen molar-refractivity contribution in [2.24, 2.45) is 0 Å². The van der Waals surface area contributed by atoms with Crippen molar-refractivity contribution in [3.05, 3.63) is 83.2 Å². The Morgan fingerprint density at radius 2 is 1.48 bits per heavy atom. The van der Waals surface area contributed by atoms with Gasteiger partial charge in [0.2, 0.25) is 0 Å². The van der Waals surface area contributed by atoms with Crippen LogP contribution in [0.2, 0.25) is 0 Å². The summed E-state index contributed by atoms with van der Waals surface area (Å²) in [4.78, 5) is 4.05. The number of rotatable bonds is 2. The lowest BCUT2D eigenvalue weighted by Gasteiger charge is -2.21. The van der Waals surface area contributed by atoms with Crippen LogP contribution in [0.15, 0.2) is 72.1 Å². The third-order valence-electron chi connectivity index (χ3n) is 5.24. The molecule has 122 valence electrons. The van der Waals surface area contributed by atoms with Crippen molar-refractivity contribution in [3.8, 4) is 31.3 Å². The van der Waals surface area contributed by atoms with Gasteiger partial charge in [0, 0.05) is 20.0 Å². The number of fused-ring (bicyclic) bond motifs is 3. The van der Waals surface area contributed by atoms with Crippen molar-refractivity contribution in [1.82, 2.24) is 0 Å². The fraction of sp³-hybridized carbons (Fsp3) is 0.130. The first-order chi connectivity index (χ1) is 12.1. The van der Waals surface area contributed by atoms with E-state index in [1.54, 1.807) is 11.3 Å². The van der Waals surface area contributed by atoms with Gasteiger partial charge in [0.15, 0.2) is 0 Å². The summed E-state index contributed by atoms with van der Waals surface area (Å²) in [6.45, 7) is 4.68. The van der Waals surface area contributed by atoms with Crippen LogP contribution in [-0.4, -0.2) is 0 Å². The molecule has 0 saturated heterocycles. The molecule has 5 rings (SSSR count). The van der Waals surface area contributed by atoms with Crippen molar-refractivity contribution in [2.75, 3.05) is 0 Å². The van der Waals surface area contributed by atoms with Gasteiger partial charge in [-0.15, -0.1) is 22.7 Å². The summed E-state index contributed by atoms with van der Waals surface area (Å²) in [6.07, 6.45) is 0. The quantitative estimate of drug-likeness (QED) is 0.349. The van der Waals surface area contributed by atoms with Crippen molar-refractivity contribution >= 4 is 22.7 Å². The molecule has 0 fully saturated rings. The average Bonchev–Trinajstić information content (AvgIpc) is 3.35. The Balaban J connectivity index is 1.62. The second-order valence-electron chi connectivity index (χ2n) is 7.07. The molecule has 0 radical (unpaired) electrons. The zero-order valence-electron chi connectivity index (χ0n) is 14.2. The second kappa shape index (κ2) is 5.42. The molecule has 2 heterocycles. The minimum atomic E-state index is 0.0653. The fourth-order valence-corrected chi connectivity index (χ4v) is 5.74. The lowest BCUT2D eigenvalue weighted by atomic mass is 9.82. The van der Waals surface area contributed by atoms with E-state index in [2.05, 4.69) is 86.0 Å². The van der Waals surface area contributed by atoms with Crippen molar-refractivity contribution < 1.29 is 0 Å². The zero-order valence-corrected chi connectivity index (χ0v) is 15.9. The molecule has 25 heavy (non-hydrogen) atoms. The van der Waals surface area contributed by atoms with Gasteiger partial charge in [-0.25, -0.2) is 0 Å². The Morgan fingerprint density at radius 1 is 0.680 bits per heavy atom. The summed E-state index contributed by atoms with van der Waals surface area (Å²) >= 11 is 3.69. The molecule has 0 unspecified atom stereocenters. The van der Waals surface area contributed by atoms with Gasteiger partial charge in [-0.3, -0.25) is 0 Å². The molecule has 2 aromatic heterocycles. The Hall–Kier alpha value is -2.16. The van der Waals surface area contributed by atoms with Crippen molar-refractivity contribution in [3.63, 3.8) is 0 Å². The normalized spacial score (nSPS) is 14.3. The molecule has 0 saturated carbocycles.